The number of para-hydroxylation sites is 1. The molecule has 0 spiro atoms. The van der Waals surface area contributed by atoms with Gasteiger partial charge in [0.2, 0.25) is 5.91 Å². The Hall–Kier alpha value is -1.94. The summed E-state index contributed by atoms with van der Waals surface area (Å²) >= 11 is 0. The van der Waals surface area contributed by atoms with E-state index in [1.165, 1.54) is 10.9 Å². The molecule has 3 heterocycles. The molecule has 0 radical (unpaired) electrons. The summed E-state index contributed by atoms with van der Waals surface area (Å²) in [4.78, 5) is 19.1. The van der Waals surface area contributed by atoms with Crippen molar-refractivity contribution in [1.82, 2.24) is 9.88 Å². The van der Waals surface area contributed by atoms with E-state index in [0.29, 0.717) is 24.2 Å². The quantitative estimate of drug-likeness (QED) is 0.857. The molecule has 0 N–H and O–H groups in total. The lowest BCUT2D eigenvalue weighted by molar-refractivity contribution is -0.132. The van der Waals surface area contributed by atoms with Crippen LogP contribution in [0.3, 0.4) is 0 Å². The fraction of sp³-hybridized carbons (Fsp3) is 0.524. The summed E-state index contributed by atoms with van der Waals surface area (Å²) in [5, 5.41) is 1.25. The van der Waals surface area contributed by atoms with Crippen molar-refractivity contribution in [3.63, 3.8) is 0 Å². The van der Waals surface area contributed by atoms with Crippen LogP contribution in [-0.2, 0) is 16.0 Å². The predicted molar refractivity (Wildman–Crippen MR) is 98.3 cm³/mol. The van der Waals surface area contributed by atoms with E-state index in [1.807, 2.05) is 12.3 Å². The number of benzene rings is 1. The third-order valence-electron chi connectivity index (χ3n) is 5.69. The Morgan fingerprint density at radius 2 is 1.96 bits per heavy atom. The van der Waals surface area contributed by atoms with Crippen molar-refractivity contribution in [2.24, 2.45) is 11.8 Å². The molecule has 2 fully saturated rings. The molecule has 0 aliphatic carbocycles. The maximum Gasteiger partial charge on any atom is 0.222 e. The van der Waals surface area contributed by atoms with Crippen molar-refractivity contribution in [3.05, 3.63) is 42.1 Å². The molecule has 25 heavy (non-hydrogen) atoms. The van der Waals surface area contributed by atoms with Crippen LogP contribution in [0.15, 0.2) is 36.5 Å². The van der Waals surface area contributed by atoms with E-state index < -0.39 is 0 Å². The third-order valence-corrected chi connectivity index (χ3v) is 5.69. The minimum Gasteiger partial charge on any atom is -0.381 e. The van der Waals surface area contributed by atoms with Gasteiger partial charge in [-0.1, -0.05) is 18.2 Å². The van der Waals surface area contributed by atoms with Crippen LogP contribution in [0.5, 0.6) is 0 Å². The molecule has 2 aromatic rings. The van der Waals surface area contributed by atoms with Crippen LogP contribution < -0.4 is 0 Å². The second-order valence-electron chi connectivity index (χ2n) is 7.45. The normalized spacial score (nSPS) is 21.8. The number of pyridine rings is 1. The fourth-order valence-electron chi connectivity index (χ4n) is 4.20. The summed E-state index contributed by atoms with van der Waals surface area (Å²) in [7, 11) is 0. The summed E-state index contributed by atoms with van der Waals surface area (Å²) in [5.74, 6) is 1.42. The highest BCUT2D eigenvalue weighted by Crippen LogP contribution is 2.27. The molecular weight excluding hydrogens is 312 g/mol. The van der Waals surface area contributed by atoms with Crippen LogP contribution in [0.25, 0.3) is 10.9 Å². The first-order valence-electron chi connectivity index (χ1n) is 9.48. The highest BCUT2D eigenvalue weighted by atomic mass is 16.5. The molecule has 0 unspecified atom stereocenters. The van der Waals surface area contributed by atoms with Crippen molar-refractivity contribution in [1.29, 1.82) is 0 Å². The van der Waals surface area contributed by atoms with E-state index in [4.69, 9.17) is 4.74 Å². The Bertz CT molecular complexity index is 734. The molecule has 2 aliphatic heterocycles. The number of likely N-dealkylation sites (tertiary alicyclic amines) is 1. The summed E-state index contributed by atoms with van der Waals surface area (Å²) in [5.41, 5.74) is 2.42. The minimum atomic E-state index is 0.342. The van der Waals surface area contributed by atoms with Gasteiger partial charge in [0.25, 0.3) is 0 Å². The second-order valence-corrected chi connectivity index (χ2v) is 7.45. The average Bonchev–Trinajstić information content (AvgIpc) is 3.12. The van der Waals surface area contributed by atoms with Gasteiger partial charge in [-0.05, 0) is 55.2 Å². The molecule has 132 valence electrons. The maximum atomic E-state index is 12.6. The van der Waals surface area contributed by atoms with Gasteiger partial charge in [-0.2, -0.15) is 0 Å². The molecule has 1 aromatic heterocycles. The van der Waals surface area contributed by atoms with Gasteiger partial charge < -0.3 is 9.64 Å². The fourth-order valence-corrected chi connectivity index (χ4v) is 4.20. The molecule has 4 nitrogen and oxygen atoms in total. The minimum absolute atomic E-state index is 0.342. The Balaban J connectivity index is 1.36. The van der Waals surface area contributed by atoms with E-state index >= 15 is 0 Å². The maximum absolute atomic E-state index is 12.6. The summed E-state index contributed by atoms with van der Waals surface area (Å²) in [6.45, 7) is 3.44. The number of nitrogens with zero attached hydrogens (tertiary/aromatic N) is 2. The second kappa shape index (κ2) is 7.52. The third kappa shape index (κ3) is 3.84. The predicted octanol–water partition coefficient (Wildman–Crippen LogP) is 3.44. The van der Waals surface area contributed by atoms with Crippen LogP contribution in [0.1, 0.15) is 31.2 Å². The number of hydrogen-bond acceptors (Lipinski definition) is 3. The van der Waals surface area contributed by atoms with Gasteiger partial charge in [-0.25, -0.2) is 0 Å². The number of carbonyl (C=O) groups is 1. The highest BCUT2D eigenvalue weighted by Gasteiger charge is 2.28. The molecule has 1 atom stereocenters. The van der Waals surface area contributed by atoms with Crippen molar-refractivity contribution >= 4 is 16.8 Å². The molecule has 1 aromatic carbocycles. The van der Waals surface area contributed by atoms with E-state index in [9.17, 15) is 4.79 Å². The van der Waals surface area contributed by atoms with Crippen LogP contribution in [0.2, 0.25) is 0 Å². The molecular formula is C21H26N2O2. The molecule has 0 saturated carbocycles. The first-order chi connectivity index (χ1) is 12.3. The molecule has 0 bridgehead atoms. The zero-order chi connectivity index (χ0) is 17.1. The van der Waals surface area contributed by atoms with Crippen LogP contribution >= 0.6 is 0 Å². The van der Waals surface area contributed by atoms with Gasteiger partial charge in [0.15, 0.2) is 0 Å². The number of amides is 1. The van der Waals surface area contributed by atoms with Crippen molar-refractivity contribution in [2.75, 3.05) is 26.3 Å². The van der Waals surface area contributed by atoms with Crippen molar-refractivity contribution in [2.45, 2.75) is 32.1 Å². The van der Waals surface area contributed by atoms with E-state index in [-0.39, 0.29) is 0 Å². The Kier molecular flexibility index (Phi) is 4.97. The lowest BCUT2D eigenvalue weighted by Crippen LogP contribution is -2.31. The highest BCUT2D eigenvalue weighted by molar-refractivity contribution is 5.82. The first-order valence-corrected chi connectivity index (χ1v) is 9.48. The Labute approximate surface area is 149 Å². The number of aromatic nitrogens is 1. The molecule has 2 saturated heterocycles. The van der Waals surface area contributed by atoms with Gasteiger partial charge in [-0.15, -0.1) is 0 Å². The van der Waals surface area contributed by atoms with E-state index in [2.05, 4.69) is 34.1 Å². The van der Waals surface area contributed by atoms with Crippen LogP contribution in [0.4, 0.5) is 0 Å². The molecule has 1 amide bonds. The largest absolute Gasteiger partial charge is 0.381 e. The Morgan fingerprint density at radius 1 is 1.12 bits per heavy atom. The lowest BCUT2D eigenvalue weighted by Gasteiger charge is -2.24. The number of fused-ring (bicyclic) bond motifs is 1. The Morgan fingerprint density at radius 3 is 2.84 bits per heavy atom. The number of hydrogen-bond donors (Lipinski definition) is 0. The van der Waals surface area contributed by atoms with Gasteiger partial charge >= 0.3 is 0 Å². The topological polar surface area (TPSA) is 42.4 Å². The smallest absolute Gasteiger partial charge is 0.222 e. The first kappa shape index (κ1) is 16.5. The van der Waals surface area contributed by atoms with E-state index in [1.54, 1.807) is 0 Å². The standard InChI is InChI=1S/C21H26N2O2/c24-21(14-16-7-11-25-12-8-16)23-10-6-17(15-23)13-18-5-9-22-20-4-2-1-3-19(18)20/h1-5,9,16-17H,6-8,10-15H2/t17-/m0/s1. The molecule has 4 heteroatoms. The number of carbonyl (C=O) groups excluding carboxylic acids is 1. The number of ether oxygens (including phenoxy) is 1. The van der Waals surface area contributed by atoms with E-state index in [0.717, 1.165) is 57.5 Å². The SMILES string of the molecule is O=C(CC1CCOCC1)N1CC[C@@H](Cc2ccnc3ccccc23)C1. The van der Waals surface area contributed by atoms with Crippen molar-refractivity contribution in [3.8, 4) is 0 Å². The van der Waals surface area contributed by atoms with Gasteiger partial charge in [0.05, 0.1) is 5.52 Å². The van der Waals surface area contributed by atoms with Gasteiger partial charge in [-0.3, -0.25) is 9.78 Å². The van der Waals surface area contributed by atoms with Crippen LogP contribution in [0, 0.1) is 11.8 Å². The van der Waals surface area contributed by atoms with Crippen LogP contribution in [-0.4, -0.2) is 42.1 Å². The van der Waals surface area contributed by atoms with Gasteiger partial charge in [0, 0.05) is 44.3 Å². The summed E-state index contributed by atoms with van der Waals surface area (Å²) < 4.78 is 5.40. The molecule has 4 rings (SSSR count). The summed E-state index contributed by atoms with van der Waals surface area (Å²) in [6.07, 6.45) is 6.81. The van der Waals surface area contributed by atoms with Gasteiger partial charge in [0.1, 0.15) is 0 Å². The molecule has 2 aliphatic rings. The lowest BCUT2D eigenvalue weighted by atomic mass is 9.95. The average molecular weight is 338 g/mol. The van der Waals surface area contributed by atoms with Crippen molar-refractivity contribution < 1.29 is 9.53 Å². The number of rotatable bonds is 4. The zero-order valence-corrected chi connectivity index (χ0v) is 14.7. The summed E-state index contributed by atoms with van der Waals surface area (Å²) in [6, 6.07) is 10.5. The zero-order valence-electron chi connectivity index (χ0n) is 14.7. The monoisotopic (exact) mass is 338 g/mol.